The molecular formula is C35H39N3OS. The second-order valence-corrected chi connectivity index (χ2v) is 11.5. The van der Waals surface area contributed by atoms with Crippen LogP contribution in [0.3, 0.4) is 0 Å². The molecule has 0 saturated carbocycles. The van der Waals surface area contributed by atoms with Gasteiger partial charge >= 0.3 is 0 Å². The molecule has 0 bridgehead atoms. The Morgan fingerprint density at radius 1 is 0.975 bits per heavy atom. The highest BCUT2D eigenvalue weighted by Crippen LogP contribution is 2.43. The predicted molar refractivity (Wildman–Crippen MR) is 171 cm³/mol. The first-order valence-electron chi connectivity index (χ1n) is 13.7. The van der Waals surface area contributed by atoms with Gasteiger partial charge in [0.1, 0.15) is 18.2 Å². The third kappa shape index (κ3) is 6.48. The van der Waals surface area contributed by atoms with Crippen LogP contribution in [-0.2, 0) is 13.0 Å². The fourth-order valence-corrected chi connectivity index (χ4v) is 6.17. The summed E-state index contributed by atoms with van der Waals surface area (Å²) in [5.74, 6) is 1.67. The topological polar surface area (TPSA) is 37.7 Å². The maximum Gasteiger partial charge on any atom is 0.145 e. The Morgan fingerprint density at radius 2 is 1.70 bits per heavy atom. The summed E-state index contributed by atoms with van der Waals surface area (Å²) < 4.78 is 6.50. The van der Waals surface area contributed by atoms with Crippen molar-refractivity contribution in [3.05, 3.63) is 142 Å². The highest BCUT2D eigenvalue weighted by Gasteiger charge is 2.31. The van der Waals surface area contributed by atoms with Gasteiger partial charge in [-0.25, -0.2) is 4.99 Å². The van der Waals surface area contributed by atoms with E-state index in [-0.39, 0.29) is 0 Å². The molecule has 0 unspecified atom stereocenters. The van der Waals surface area contributed by atoms with E-state index in [1.54, 1.807) is 0 Å². The van der Waals surface area contributed by atoms with Crippen LogP contribution in [0.5, 0.6) is 5.75 Å². The van der Waals surface area contributed by atoms with Gasteiger partial charge in [0.2, 0.25) is 0 Å². The van der Waals surface area contributed by atoms with Gasteiger partial charge in [-0.2, -0.15) is 0 Å². The van der Waals surface area contributed by atoms with E-state index in [1.807, 2.05) is 31.1 Å². The molecule has 5 rings (SSSR count). The van der Waals surface area contributed by atoms with Crippen LogP contribution in [0.2, 0.25) is 0 Å². The molecule has 4 nitrogen and oxygen atoms in total. The molecule has 0 N–H and O–H groups in total. The van der Waals surface area contributed by atoms with Crippen LogP contribution in [0.15, 0.2) is 120 Å². The molecule has 3 heterocycles. The van der Waals surface area contributed by atoms with Crippen LogP contribution in [-0.4, -0.2) is 27.5 Å². The van der Waals surface area contributed by atoms with E-state index in [4.69, 9.17) is 9.73 Å². The minimum absolute atomic E-state index is 0.490. The van der Waals surface area contributed by atoms with E-state index in [9.17, 15) is 0 Å². The summed E-state index contributed by atoms with van der Waals surface area (Å²) in [5.41, 5.74) is 8.68. The molecule has 0 saturated heterocycles. The summed E-state index contributed by atoms with van der Waals surface area (Å²) in [6, 6.07) is 18.9. The number of amidine groups is 1. The predicted octanol–water partition coefficient (Wildman–Crippen LogP) is 8.58. The molecular weight excluding hydrogens is 510 g/mol. The number of aromatic nitrogens is 1. The minimum Gasteiger partial charge on any atom is -0.488 e. The first-order valence-corrected chi connectivity index (χ1v) is 14.6. The van der Waals surface area contributed by atoms with E-state index in [0.29, 0.717) is 11.9 Å². The summed E-state index contributed by atoms with van der Waals surface area (Å²) >= 11 is 1.92. The Labute approximate surface area is 243 Å². The van der Waals surface area contributed by atoms with Gasteiger partial charge in [-0.1, -0.05) is 74.2 Å². The van der Waals surface area contributed by atoms with Crippen LogP contribution < -0.4 is 4.74 Å². The van der Waals surface area contributed by atoms with Crippen LogP contribution in [0.25, 0.3) is 0 Å². The van der Waals surface area contributed by atoms with Gasteiger partial charge in [-0.15, -0.1) is 24.9 Å². The summed E-state index contributed by atoms with van der Waals surface area (Å²) in [4.78, 5) is 13.3. The van der Waals surface area contributed by atoms with Gasteiger partial charge in [-0.05, 0) is 50.3 Å². The number of nitrogens with zero attached hydrogens (tertiary/aromatic N) is 3. The summed E-state index contributed by atoms with van der Waals surface area (Å²) in [7, 11) is 0. The Balaban J connectivity index is 0.00000181. The van der Waals surface area contributed by atoms with E-state index in [2.05, 4.69) is 111 Å². The normalized spacial score (nSPS) is 16.8. The monoisotopic (exact) mass is 549 g/mol. The third-order valence-electron chi connectivity index (χ3n) is 7.13. The lowest BCUT2D eigenvalue weighted by Crippen LogP contribution is -2.36. The van der Waals surface area contributed by atoms with Gasteiger partial charge in [0.15, 0.2) is 0 Å². The van der Waals surface area contributed by atoms with Crippen LogP contribution >= 0.6 is 11.8 Å². The molecule has 1 aromatic heterocycles. The van der Waals surface area contributed by atoms with Crippen LogP contribution in [0, 0.1) is 13.8 Å². The molecule has 40 heavy (non-hydrogen) atoms. The van der Waals surface area contributed by atoms with E-state index >= 15 is 0 Å². The van der Waals surface area contributed by atoms with Crippen molar-refractivity contribution in [1.29, 1.82) is 0 Å². The minimum atomic E-state index is 0.490. The zero-order valence-electron chi connectivity index (χ0n) is 24.1. The molecule has 0 aliphatic carbocycles. The summed E-state index contributed by atoms with van der Waals surface area (Å²) in [6.07, 6.45) is 8.03. The fourth-order valence-electron chi connectivity index (χ4n) is 4.97. The molecule has 3 aromatic rings. The van der Waals surface area contributed by atoms with Crippen molar-refractivity contribution in [2.75, 3.05) is 6.54 Å². The molecule has 206 valence electrons. The van der Waals surface area contributed by atoms with Crippen molar-refractivity contribution in [1.82, 2.24) is 9.88 Å². The molecule has 0 radical (unpaired) electrons. The second kappa shape index (κ2) is 13.5. The molecule has 5 heteroatoms. The van der Waals surface area contributed by atoms with Gasteiger partial charge in [-0.3, -0.25) is 4.98 Å². The van der Waals surface area contributed by atoms with Crippen molar-refractivity contribution in [3.63, 3.8) is 0 Å². The Kier molecular flexibility index (Phi) is 9.84. The number of benzene rings is 2. The molecule has 0 spiro atoms. The van der Waals surface area contributed by atoms with Gasteiger partial charge < -0.3 is 9.64 Å². The Hall–Kier alpha value is -3.83. The van der Waals surface area contributed by atoms with Crippen molar-refractivity contribution in [3.8, 4) is 5.75 Å². The first kappa shape index (κ1) is 29.2. The number of ether oxygens (including phenoxy) is 1. The average Bonchev–Trinajstić information content (AvgIpc) is 3.39. The number of aryl methyl sites for hydroxylation is 2. The van der Waals surface area contributed by atoms with Crippen molar-refractivity contribution in [2.45, 2.75) is 52.4 Å². The molecule has 0 fully saturated rings. The van der Waals surface area contributed by atoms with E-state index in [1.165, 1.54) is 21.6 Å². The van der Waals surface area contributed by atoms with E-state index in [0.717, 1.165) is 59.1 Å². The van der Waals surface area contributed by atoms with E-state index < -0.39 is 0 Å². The molecule has 2 aromatic carbocycles. The smallest absolute Gasteiger partial charge is 0.145 e. The average molecular weight is 550 g/mol. The highest BCUT2D eigenvalue weighted by molar-refractivity contribution is 8.04. The van der Waals surface area contributed by atoms with Crippen molar-refractivity contribution >= 4 is 17.6 Å². The summed E-state index contributed by atoms with van der Waals surface area (Å²) in [5, 5.41) is 0.573. The fraction of sp³-hybridized carbons (Fsp3) is 0.257. The highest BCUT2D eigenvalue weighted by atomic mass is 32.2. The molecule has 0 amide bonds. The number of aliphatic imine (C=N–C) groups is 1. The SMILES string of the molecule is C=C.C=C1C(C2=CC[C@H](C)S2)=C(C)N=C(c2cncc(C)c2OCc2ccccc2C)N1CCc1ccccc1. The lowest BCUT2D eigenvalue weighted by molar-refractivity contribution is 0.301. The molecule has 2 aliphatic rings. The van der Waals surface area contributed by atoms with Gasteiger partial charge in [0, 0.05) is 45.9 Å². The Morgan fingerprint density at radius 3 is 2.40 bits per heavy atom. The number of allylic oxidation sites excluding steroid dienone is 3. The lowest BCUT2D eigenvalue weighted by atomic mass is 10.0. The maximum atomic E-state index is 6.50. The number of hydrogen-bond acceptors (Lipinski definition) is 5. The number of hydrogen-bond donors (Lipinski definition) is 0. The Bertz CT molecular complexity index is 1450. The standard InChI is InChI=1S/C33H35N3OS.C2H4/c1-22-11-9-10-14-28(22)21-37-32-23(2)19-34-20-29(32)33-35-25(4)31(30-16-15-24(3)38-30)26(5)36(33)18-17-27-12-7-6-8-13-27;1-2/h6-14,16,19-20,24H,5,15,17-18,21H2,1-4H3;1-2H2/t24-;/m0./s1. The molecule has 2 aliphatic heterocycles. The number of pyridine rings is 1. The first-order chi connectivity index (χ1) is 19.4. The third-order valence-corrected chi connectivity index (χ3v) is 8.35. The lowest BCUT2D eigenvalue weighted by Gasteiger charge is -2.34. The van der Waals surface area contributed by atoms with Crippen LogP contribution in [0.4, 0.5) is 0 Å². The van der Waals surface area contributed by atoms with Crippen LogP contribution in [0.1, 0.15) is 48.1 Å². The zero-order valence-corrected chi connectivity index (χ0v) is 24.9. The quantitative estimate of drug-likeness (QED) is 0.264. The maximum absolute atomic E-state index is 6.50. The van der Waals surface area contributed by atoms with Crippen molar-refractivity contribution < 1.29 is 4.74 Å². The van der Waals surface area contributed by atoms with Gasteiger partial charge in [0.05, 0.1) is 11.3 Å². The largest absolute Gasteiger partial charge is 0.488 e. The molecule has 1 atom stereocenters. The van der Waals surface area contributed by atoms with Crippen molar-refractivity contribution in [2.24, 2.45) is 4.99 Å². The summed E-state index contributed by atoms with van der Waals surface area (Å²) in [6.45, 7) is 20.4. The number of rotatable bonds is 8. The van der Waals surface area contributed by atoms with Gasteiger partial charge in [0.25, 0.3) is 0 Å². The zero-order chi connectivity index (χ0) is 28.6. The second-order valence-electron chi connectivity index (χ2n) is 10.0. The number of thioether (sulfide) groups is 1.